The van der Waals surface area contributed by atoms with E-state index in [0.29, 0.717) is 15.7 Å². The first-order chi connectivity index (χ1) is 12.7. The van der Waals surface area contributed by atoms with Gasteiger partial charge in [-0.2, -0.15) is 5.26 Å². The van der Waals surface area contributed by atoms with E-state index in [9.17, 15) is 19.6 Å². The second-order valence-corrected chi connectivity index (χ2v) is 7.15. The molecule has 2 aliphatic heterocycles. The van der Waals surface area contributed by atoms with E-state index in [-0.39, 0.29) is 22.9 Å². The number of hydrogen-bond acceptors (Lipinski definition) is 6. The lowest BCUT2D eigenvalue weighted by atomic mass is 9.69. The Balaban J connectivity index is 2.29. The van der Waals surface area contributed by atoms with E-state index < -0.39 is 22.6 Å². The van der Waals surface area contributed by atoms with Gasteiger partial charge in [0.2, 0.25) is 17.7 Å². The summed E-state index contributed by atoms with van der Waals surface area (Å²) in [6, 6.07) is 6.92. The first-order valence-electron chi connectivity index (χ1n) is 7.75. The molecule has 0 unspecified atom stereocenters. The van der Waals surface area contributed by atoms with Gasteiger partial charge in [-0.15, -0.1) is 0 Å². The largest absolute Gasteiger partial charge is 0.423 e. The third-order valence-electron chi connectivity index (χ3n) is 4.90. The zero-order chi connectivity index (χ0) is 19.7. The Hall–Kier alpha value is -3.32. The molecule has 27 heavy (non-hydrogen) atoms. The highest BCUT2D eigenvalue weighted by Crippen LogP contribution is 2.52. The molecular weight excluding hydrogens is 418 g/mol. The van der Waals surface area contributed by atoms with Gasteiger partial charge in [0.25, 0.3) is 5.56 Å². The monoisotopic (exact) mass is 429 g/mol. The number of anilines is 1. The van der Waals surface area contributed by atoms with Crippen LogP contribution in [-0.4, -0.2) is 15.0 Å². The van der Waals surface area contributed by atoms with Crippen molar-refractivity contribution in [2.45, 2.75) is 5.41 Å². The average molecular weight is 430 g/mol. The topological polar surface area (TPSA) is 132 Å². The number of nitriles is 1. The number of fused-ring (bicyclic) bond motifs is 4. The van der Waals surface area contributed by atoms with Crippen LogP contribution in [0.2, 0.25) is 0 Å². The normalized spacial score (nSPS) is 20.0. The molecule has 1 aromatic heterocycles. The summed E-state index contributed by atoms with van der Waals surface area (Å²) in [6.45, 7) is 0. The summed E-state index contributed by atoms with van der Waals surface area (Å²) < 4.78 is 8.05. The zero-order valence-corrected chi connectivity index (χ0v) is 15.7. The molecule has 0 radical (unpaired) electrons. The minimum absolute atomic E-state index is 0.132. The third kappa shape index (κ3) is 1.89. The number of benzene rings is 1. The SMILES string of the molecule is Cn1c2c(c(=O)n(C)c1=O)[C@]1(C(=O)Nc3ccc(Br)cc31)C(C#N)=C(N)O2. The number of hydrogen-bond donors (Lipinski definition) is 2. The predicted octanol–water partition coefficient (Wildman–Crippen LogP) is 0.171. The number of rotatable bonds is 0. The molecule has 3 N–H and O–H groups in total. The second-order valence-electron chi connectivity index (χ2n) is 6.23. The standard InChI is InChI=1S/C17H12BrN5O4/c1-22-13(24)11-14(23(2)16(22)26)27-12(20)9(6-19)17(11)8-5-7(18)3-4-10(8)21-15(17)25/h3-5H,20H2,1-2H3,(H,21,25)/t17-/m1/s1. The number of amides is 1. The van der Waals surface area contributed by atoms with Crippen LogP contribution in [0.3, 0.4) is 0 Å². The van der Waals surface area contributed by atoms with Crippen molar-refractivity contribution >= 4 is 27.5 Å². The van der Waals surface area contributed by atoms with Crippen molar-refractivity contribution in [1.82, 2.24) is 9.13 Å². The smallest absolute Gasteiger partial charge is 0.333 e. The molecule has 1 atom stereocenters. The maximum absolute atomic E-state index is 13.2. The highest BCUT2D eigenvalue weighted by Gasteiger charge is 2.59. The van der Waals surface area contributed by atoms with Gasteiger partial charge in [-0.05, 0) is 18.2 Å². The summed E-state index contributed by atoms with van der Waals surface area (Å²) in [5.41, 5.74) is 3.22. The average Bonchev–Trinajstić information content (AvgIpc) is 2.90. The third-order valence-corrected chi connectivity index (χ3v) is 5.39. The molecule has 0 bridgehead atoms. The summed E-state index contributed by atoms with van der Waals surface area (Å²) in [5, 5.41) is 12.5. The van der Waals surface area contributed by atoms with Crippen LogP contribution in [0.25, 0.3) is 0 Å². The highest BCUT2D eigenvalue weighted by molar-refractivity contribution is 9.10. The molecule has 136 valence electrons. The number of ether oxygens (including phenoxy) is 1. The lowest BCUT2D eigenvalue weighted by Gasteiger charge is -2.33. The fourth-order valence-corrected chi connectivity index (χ4v) is 4.00. The Morgan fingerprint density at radius 3 is 2.63 bits per heavy atom. The quantitative estimate of drug-likeness (QED) is 0.613. The van der Waals surface area contributed by atoms with Crippen molar-refractivity contribution in [3.63, 3.8) is 0 Å². The van der Waals surface area contributed by atoms with Gasteiger partial charge in [0.15, 0.2) is 5.41 Å². The first kappa shape index (κ1) is 17.1. The molecule has 4 rings (SSSR count). The minimum atomic E-state index is -1.81. The van der Waals surface area contributed by atoms with Crippen LogP contribution in [0.1, 0.15) is 11.1 Å². The molecule has 1 amide bonds. The summed E-state index contributed by atoms with van der Waals surface area (Å²) in [7, 11) is 2.69. The van der Waals surface area contributed by atoms with Crippen LogP contribution in [-0.2, 0) is 24.3 Å². The van der Waals surface area contributed by atoms with Gasteiger partial charge in [0, 0.05) is 29.8 Å². The molecule has 0 saturated carbocycles. The van der Waals surface area contributed by atoms with Gasteiger partial charge in [0.1, 0.15) is 17.2 Å². The van der Waals surface area contributed by atoms with Crippen LogP contribution in [0.5, 0.6) is 5.88 Å². The second kappa shape index (κ2) is 5.34. The number of carbonyl (C=O) groups is 1. The van der Waals surface area contributed by atoms with E-state index in [2.05, 4.69) is 21.2 Å². The Kier molecular flexibility index (Phi) is 3.38. The number of nitrogens with zero attached hydrogens (tertiary/aromatic N) is 3. The summed E-state index contributed by atoms with van der Waals surface area (Å²) in [5.74, 6) is -1.12. The van der Waals surface area contributed by atoms with Gasteiger partial charge < -0.3 is 15.8 Å². The fourth-order valence-electron chi connectivity index (χ4n) is 3.64. The van der Waals surface area contributed by atoms with Gasteiger partial charge in [0.05, 0.1) is 0 Å². The summed E-state index contributed by atoms with van der Waals surface area (Å²) in [4.78, 5) is 38.6. The van der Waals surface area contributed by atoms with E-state index in [0.717, 1.165) is 9.13 Å². The number of carbonyl (C=O) groups excluding carboxylic acids is 1. The maximum Gasteiger partial charge on any atom is 0.333 e. The van der Waals surface area contributed by atoms with Crippen molar-refractivity contribution in [2.24, 2.45) is 19.8 Å². The number of aromatic nitrogens is 2. The van der Waals surface area contributed by atoms with Gasteiger partial charge in [-0.3, -0.25) is 18.7 Å². The van der Waals surface area contributed by atoms with E-state index in [4.69, 9.17) is 10.5 Å². The number of nitrogens with one attached hydrogen (secondary N) is 1. The molecule has 10 heteroatoms. The molecule has 2 aromatic rings. The lowest BCUT2D eigenvalue weighted by Crippen LogP contribution is -2.51. The molecule has 1 aromatic carbocycles. The van der Waals surface area contributed by atoms with Crippen molar-refractivity contribution in [3.05, 3.63) is 66.1 Å². The van der Waals surface area contributed by atoms with Crippen molar-refractivity contribution in [3.8, 4) is 11.9 Å². The zero-order valence-electron chi connectivity index (χ0n) is 14.2. The van der Waals surface area contributed by atoms with Crippen LogP contribution in [0.4, 0.5) is 5.69 Å². The maximum atomic E-state index is 13.2. The van der Waals surface area contributed by atoms with Crippen molar-refractivity contribution < 1.29 is 9.53 Å². The van der Waals surface area contributed by atoms with Crippen LogP contribution < -0.4 is 27.0 Å². The van der Waals surface area contributed by atoms with Crippen LogP contribution in [0.15, 0.2) is 43.7 Å². The highest BCUT2D eigenvalue weighted by atomic mass is 79.9. The van der Waals surface area contributed by atoms with Gasteiger partial charge in [-0.1, -0.05) is 15.9 Å². The molecule has 9 nitrogen and oxygen atoms in total. The lowest BCUT2D eigenvalue weighted by molar-refractivity contribution is -0.118. The van der Waals surface area contributed by atoms with Gasteiger partial charge >= 0.3 is 5.69 Å². The molecular formula is C17H12BrN5O4. The van der Waals surface area contributed by atoms with Crippen LogP contribution in [0, 0.1) is 11.3 Å². The number of halogens is 1. The summed E-state index contributed by atoms with van der Waals surface area (Å²) >= 11 is 3.35. The molecule has 0 saturated heterocycles. The minimum Gasteiger partial charge on any atom is -0.423 e. The molecule has 2 aliphatic rings. The van der Waals surface area contributed by atoms with Gasteiger partial charge in [-0.25, -0.2) is 4.79 Å². The predicted molar refractivity (Wildman–Crippen MR) is 97.9 cm³/mol. The Morgan fingerprint density at radius 2 is 1.96 bits per heavy atom. The Labute approximate surface area is 160 Å². The van der Waals surface area contributed by atoms with E-state index in [1.54, 1.807) is 18.2 Å². The number of nitrogens with two attached hydrogens (primary N) is 1. The molecule has 3 heterocycles. The summed E-state index contributed by atoms with van der Waals surface area (Å²) in [6.07, 6.45) is 0. The van der Waals surface area contributed by atoms with Crippen LogP contribution >= 0.6 is 15.9 Å². The fraction of sp³-hybridized carbons (Fsp3) is 0.176. The molecule has 0 aliphatic carbocycles. The molecule has 1 spiro atoms. The van der Waals surface area contributed by atoms with Crippen molar-refractivity contribution in [2.75, 3.05) is 5.32 Å². The van der Waals surface area contributed by atoms with E-state index >= 15 is 0 Å². The molecule has 0 fully saturated rings. The van der Waals surface area contributed by atoms with E-state index in [1.165, 1.54) is 14.1 Å². The Bertz CT molecular complexity index is 1250. The van der Waals surface area contributed by atoms with Crippen molar-refractivity contribution in [1.29, 1.82) is 5.26 Å². The van der Waals surface area contributed by atoms with E-state index in [1.807, 2.05) is 6.07 Å². The Morgan fingerprint density at radius 1 is 1.26 bits per heavy atom. The first-order valence-corrected chi connectivity index (χ1v) is 8.54.